The zero-order valence-electron chi connectivity index (χ0n) is 7.44. The Balaban J connectivity index is 0.00000144. The Bertz CT molecular complexity index is 274. The van der Waals surface area contributed by atoms with Crippen molar-refractivity contribution in [3.05, 3.63) is 29.8 Å². The maximum absolute atomic E-state index is 12.7. The summed E-state index contributed by atoms with van der Waals surface area (Å²) in [5.41, 5.74) is 0.618. The third-order valence-corrected chi connectivity index (χ3v) is 1.62. The van der Waals surface area contributed by atoms with Crippen LogP contribution in [0.5, 0.6) is 0 Å². The van der Waals surface area contributed by atoms with E-state index < -0.39 is 11.6 Å². The average Bonchev–Trinajstić information content (AvgIpc) is 1.82. The van der Waals surface area contributed by atoms with Crippen LogP contribution in [-0.4, -0.2) is 45.1 Å². The minimum atomic E-state index is -0.530. The Kier molecular flexibility index (Phi) is 4.32. The molecule has 0 aliphatic carbocycles. The normalized spacial score (nSPS) is 10.8. The number of hydrogen-bond acceptors (Lipinski definition) is 0. The van der Waals surface area contributed by atoms with E-state index in [0.717, 1.165) is 6.07 Å². The van der Waals surface area contributed by atoms with Gasteiger partial charge in [0.2, 0.25) is 0 Å². The first-order chi connectivity index (χ1) is 5.39. The molecule has 0 N–H and O–H groups in total. The Morgan fingerprint density at radius 2 is 1.31 bits per heavy atom. The van der Waals surface area contributed by atoms with E-state index in [1.165, 1.54) is 12.1 Å². The summed E-state index contributed by atoms with van der Waals surface area (Å²) < 4.78 is 25.8. The molecule has 0 saturated heterocycles. The molecular formula is C9H16F2NSn+. The number of nitrogens with zero attached hydrogens (tertiary/aromatic N) is 1. The van der Waals surface area contributed by atoms with Gasteiger partial charge in [0.1, 0.15) is 17.3 Å². The average molecular weight is 295 g/mol. The van der Waals surface area contributed by atoms with Gasteiger partial charge in [0.25, 0.3) is 0 Å². The third-order valence-electron chi connectivity index (χ3n) is 1.62. The predicted octanol–water partition coefficient (Wildman–Crippen LogP) is 0.710. The first kappa shape index (κ1) is 12.8. The molecule has 0 unspecified atom stereocenters. The van der Waals surface area contributed by atoms with Crippen LogP contribution in [-0.2, 0) is 0 Å². The first-order valence-corrected chi connectivity index (χ1v) is 3.68. The molecule has 1 rings (SSSR count). The van der Waals surface area contributed by atoms with Gasteiger partial charge >= 0.3 is 23.9 Å². The van der Waals surface area contributed by atoms with Crippen molar-refractivity contribution in [3.63, 3.8) is 0 Å². The molecule has 0 aliphatic rings. The molecule has 0 heterocycles. The maximum atomic E-state index is 12.7. The molecule has 0 saturated carbocycles. The van der Waals surface area contributed by atoms with E-state index in [1.807, 2.05) is 21.1 Å². The molecule has 4 heteroatoms. The van der Waals surface area contributed by atoms with Crippen LogP contribution in [0.2, 0.25) is 0 Å². The van der Waals surface area contributed by atoms with Crippen LogP contribution in [0.25, 0.3) is 0 Å². The number of quaternary nitrogens is 1. The second-order valence-electron chi connectivity index (χ2n) is 3.64. The van der Waals surface area contributed by atoms with E-state index in [-0.39, 0.29) is 23.9 Å². The summed E-state index contributed by atoms with van der Waals surface area (Å²) in [5.74, 6) is -1.06. The van der Waals surface area contributed by atoms with Crippen molar-refractivity contribution in [2.75, 3.05) is 21.1 Å². The number of halogens is 2. The van der Waals surface area contributed by atoms with E-state index in [9.17, 15) is 8.78 Å². The SMILES string of the molecule is C[N+](C)(C)c1cc(F)cc(F)c1.[SnH4]. The summed E-state index contributed by atoms with van der Waals surface area (Å²) in [6.45, 7) is 0. The molecule has 0 atom stereocenters. The van der Waals surface area contributed by atoms with Crippen molar-refractivity contribution < 1.29 is 8.78 Å². The Labute approximate surface area is 93.9 Å². The van der Waals surface area contributed by atoms with Gasteiger partial charge in [-0.1, -0.05) is 0 Å². The van der Waals surface area contributed by atoms with Gasteiger partial charge in [-0.15, -0.1) is 0 Å². The number of benzene rings is 1. The minimum absolute atomic E-state index is 0. The summed E-state index contributed by atoms with van der Waals surface area (Å²) in [4.78, 5) is 0. The van der Waals surface area contributed by atoms with E-state index in [0.29, 0.717) is 10.2 Å². The van der Waals surface area contributed by atoms with Crippen molar-refractivity contribution in [1.82, 2.24) is 4.48 Å². The van der Waals surface area contributed by atoms with Gasteiger partial charge in [-0.25, -0.2) is 8.78 Å². The van der Waals surface area contributed by atoms with Crippen LogP contribution in [0.3, 0.4) is 0 Å². The molecule has 0 fully saturated rings. The monoisotopic (exact) mass is 296 g/mol. The Morgan fingerprint density at radius 1 is 0.923 bits per heavy atom. The summed E-state index contributed by atoms with van der Waals surface area (Å²) >= 11 is 0. The van der Waals surface area contributed by atoms with Crippen LogP contribution in [0.15, 0.2) is 18.2 Å². The van der Waals surface area contributed by atoms with Gasteiger partial charge in [0.05, 0.1) is 21.1 Å². The Morgan fingerprint density at radius 3 is 1.62 bits per heavy atom. The van der Waals surface area contributed by atoms with Gasteiger partial charge in [0, 0.05) is 18.2 Å². The van der Waals surface area contributed by atoms with E-state index in [2.05, 4.69) is 0 Å². The molecule has 1 aromatic rings. The van der Waals surface area contributed by atoms with Crippen LogP contribution in [0.4, 0.5) is 14.5 Å². The fourth-order valence-corrected chi connectivity index (χ4v) is 0.927. The van der Waals surface area contributed by atoms with E-state index in [1.54, 1.807) is 0 Å². The molecule has 0 bridgehead atoms. The fraction of sp³-hybridized carbons (Fsp3) is 0.333. The molecular weight excluding hydrogens is 279 g/mol. The van der Waals surface area contributed by atoms with Gasteiger partial charge < -0.3 is 0 Å². The molecule has 0 aromatic heterocycles. The number of hydrogen-bond donors (Lipinski definition) is 0. The van der Waals surface area contributed by atoms with Crippen molar-refractivity contribution in [3.8, 4) is 0 Å². The van der Waals surface area contributed by atoms with Gasteiger partial charge in [-0.2, -0.15) is 0 Å². The molecule has 13 heavy (non-hydrogen) atoms. The second-order valence-corrected chi connectivity index (χ2v) is 3.64. The van der Waals surface area contributed by atoms with Crippen LogP contribution < -0.4 is 4.48 Å². The standard InChI is InChI=1S/C9H12F2N.Sn.4H/c1-12(2,3)9-5-7(10)4-8(11)6-9;;;;;/h4-6H,1-3H3;;;;;/q+1;;;;;. The number of rotatable bonds is 1. The summed E-state index contributed by atoms with van der Waals surface area (Å²) in [6, 6.07) is 3.55. The topological polar surface area (TPSA) is 0 Å². The van der Waals surface area contributed by atoms with Crippen molar-refractivity contribution in [2.45, 2.75) is 0 Å². The van der Waals surface area contributed by atoms with Crippen LogP contribution in [0, 0.1) is 11.6 Å². The third kappa shape index (κ3) is 3.60. The van der Waals surface area contributed by atoms with Crippen molar-refractivity contribution in [1.29, 1.82) is 0 Å². The quantitative estimate of drug-likeness (QED) is 0.529. The molecule has 0 spiro atoms. The summed E-state index contributed by atoms with van der Waals surface area (Å²) in [5, 5.41) is 0. The van der Waals surface area contributed by atoms with Crippen LogP contribution in [0.1, 0.15) is 0 Å². The summed E-state index contributed by atoms with van der Waals surface area (Å²) in [7, 11) is 5.57. The van der Waals surface area contributed by atoms with E-state index in [4.69, 9.17) is 0 Å². The fourth-order valence-electron chi connectivity index (χ4n) is 0.927. The zero-order valence-corrected chi connectivity index (χ0v) is 7.44. The zero-order chi connectivity index (χ0) is 9.35. The molecule has 0 amide bonds. The second kappa shape index (κ2) is 4.37. The summed E-state index contributed by atoms with van der Waals surface area (Å²) in [6.07, 6.45) is 0. The molecule has 0 radical (unpaired) electrons. The Hall–Kier alpha value is -0.161. The van der Waals surface area contributed by atoms with Gasteiger partial charge in [-0.3, -0.25) is 4.48 Å². The van der Waals surface area contributed by atoms with Gasteiger partial charge in [0.15, 0.2) is 0 Å². The molecule has 1 nitrogen and oxygen atoms in total. The van der Waals surface area contributed by atoms with Crippen molar-refractivity contribution in [2.24, 2.45) is 0 Å². The van der Waals surface area contributed by atoms with E-state index >= 15 is 0 Å². The predicted molar refractivity (Wildman–Crippen MR) is 57.3 cm³/mol. The molecule has 1 aromatic carbocycles. The molecule has 74 valence electrons. The van der Waals surface area contributed by atoms with Gasteiger partial charge in [-0.05, 0) is 0 Å². The van der Waals surface area contributed by atoms with Crippen LogP contribution >= 0.6 is 0 Å². The first-order valence-electron chi connectivity index (χ1n) is 3.68. The molecule has 0 aliphatic heterocycles. The van der Waals surface area contributed by atoms with Crippen molar-refractivity contribution >= 4 is 29.6 Å².